The van der Waals surface area contributed by atoms with Crippen LogP contribution >= 0.6 is 0 Å². The van der Waals surface area contributed by atoms with Gasteiger partial charge in [0.15, 0.2) is 0 Å². The van der Waals surface area contributed by atoms with Crippen molar-refractivity contribution in [2.75, 3.05) is 20.8 Å². The standard InChI is InChI=1S/C28H28N2O7/c1-34-21-12-8-19(9-13-21)28(18-6-4-3-5-7-18,20-10-14-22(35-2)15-11-20)36-17-24-23(31)16-27(37-24)25(32)29-26(33)30-27/h3-15,23-24,31H,16-17H2,1-2H3,(H2,29,30,32,33)/t23-,24+,27+/m0/s1. The minimum absolute atomic E-state index is 0.0704. The predicted octanol–water partition coefficient (Wildman–Crippen LogP) is 2.70. The van der Waals surface area contributed by atoms with E-state index in [1.807, 2.05) is 78.9 Å². The van der Waals surface area contributed by atoms with Gasteiger partial charge in [-0.15, -0.1) is 0 Å². The Morgan fingerprint density at radius 1 is 0.892 bits per heavy atom. The highest BCUT2D eigenvalue weighted by molar-refractivity contribution is 6.06. The van der Waals surface area contributed by atoms with E-state index >= 15 is 0 Å². The highest BCUT2D eigenvalue weighted by Gasteiger charge is 2.57. The van der Waals surface area contributed by atoms with Gasteiger partial charge < -0.3 is 29.4 Å². The van der Waals surface area contributed by atoms with Gasteiger partial charge in [-0.1, -0.05) is 54.6 Å². The Bertz CT molecular complexity index is 1220. The molecule has 2 aliphatic heterocycles. The molecule has 0 unspecified atom stereocenters. The first-order chi connectivity index (χ1) is 17.9. The van der Waals surface area contributed by atoms with Gasteiger partial charge in [0.2, 0.25) is 5.72 Å². The number of methoxy groups -OCH3 is 2. The molecule has 0 bridgehead atoms. The molecule has 1 spiro atoms. The molecule has 3 aromatic rings. The number of amides is 3. The van der Waals surface area contributed by atoms with Crippen LogP contribution in [0.4, 0.5) is 4.79 Å². The SMILES string of the molecule is COc1ccc(C(OC[C@H]2O[C@@]3(C[C@@H]2O)NC(=O)NC3=O)(c2ccccc2)c2ccc(OC)cc2)cc1. The molecule has 0 radical (unpaired) electrons. The minimum Gasteiger partial charge on any atom is -0.497 e. The summed E-state index contributed by atoms with van der Waals surface area (Å²) in [5.41, 5.74) is -0.239. The number of benzene rings is 3. The lowest BCUT2D eigenvalue weighted by molar-refractivity contribution is -0.149. The second-order valence-corrected chi connectivity index (χ2v) is 8.98. The number of ether oxygens (including phenoxy) is 4. The molecule has 2 saturated heterocycles. The molecule has 37 heavy (non-hydrogen) atoms. The molecular formula is C28H28N2O7. The van der Waals surface area contributed by atoms with Crippen LogP contribution < -0.4 is 20.1 Å². The number of urea groups is 1. The Morgan fingerprint density at radius 3 is 1.92 bits per heavy atom. The summed E-state index contributed by atoms with van der Waals surface area (Å²) in [5, 5.41) is 15.5. The van der Waals surface area contributed by atoms with Crippen molar-refractivity contribution < 1.29 is 33.6 Å². The summed E-state index contributed by atoms with van der Waals surface area (Å²) in [6, 6.07) is 24.2. The first-order valence-electron chi connectivity index (χ1n) is 11.9. The fourth-order valence-electron chi connectivity index (χ4n) is 4.94. The molecule has 3 aromatic carbocycles. The third kappa shape index (κ3) is 4.42. The lowest BCUT2D eigenvalue weighted by Crippen LogP contribution is -2.47. The third-order valence-corrected chi connectivity index (χ3v) is 6.83. The van der Waals surface area contributed by atoms with Crippen molar-refractivity contribution in [3.8, 4) is 11.5 Å². The second kappa shape index (κ2) is 9.85. The van der Waals surface area contributed by atoms with Gasteiger partial charge in [-0.05, 0) is 41.0 Å². The summed E-state index contributed by atoms with van der Waals surface area (Å²) in [5.74, 6) is 0.763. The molecule has 0 aromatic heterocycles. The van der Waals surface area contributed by atoms with Crippen LogP contribution in [0.25, 0.3) is 0 Å². The third-order valence-electron chi connectivity index (χ3n) is 6.83. The van der Waals surface area contributed by atoms with E-state index < -0.39 is 35.5 Å². The van der Waals surface area contributed by atoms with E-state index in [1.54, 1.807) is 14.2 Å². The van der Waals surface area contributed by atoms with E-state index in [-0.39, 0.29) is 13.0 Å². The van der Waals surface area contributed by atoms with Crippen molar-refractivity contribution in [2.45, 2.75) is 30.0 Å². The van der Waals surface area contributed by atoms with Crippen molar-refractivity contribution in [3.05, 3.63) is 95.6 Å². The largest absolute Gasteiger partial charge is 0.497 e. The van der Waals surface area contributed by atoms with Gasteiger partial charge in [-0.2, -0.15) is 0 Å². The fraction of sp³-hybridized carbons (Fsp3) is 0.286. The molecule has 9 heteroatoms. The molecule has 9 nitrogen and oxygen atoms in total. The van der Waals surface area contributed by atoms with Gasteiger partial charge in [-0.25, -0.2) is 4.79 Å². The maximum Gasteiger partial charge on any atom is 0.324 e. The minimum atomic E-state index is -1.61. The molecule has 3 N–H and O–H groups in total. The maximum absolute atomic E-state index is 12.4. The monoisotopic (exact) mass is 504 g/mol. The topological polar surface area (TPSA) is 115 Å². The summed E-state index contributed by atoms with van der Waals surface area (Å²) in [4.78, 5) is 24.1. The lowest BCUT2D eigenvalue weighted by atomic mass is 9.80. The zero-order chi connectivity index (χ0) is 26.0. The van der Waals surface area contributed by atoms with Gasteiger partial charge >= 0.3 is 6.03 Å². The summed E-state index contributed by atoms with van der Waals surface area (Å²) in [7, 11) is 3.21. The van der Waals surface area contributed by atoms with Gasteiger partial charge in [0, 0.05) is 6.42 Å². The Kier molecular flexibility index (Phi) is 6.59. The van der Waals surface area contributed by atoms with Crippen molar-refractivity contribution in [1.29, 1.82) is 0 Å². The number of rotatable bonds is 8. The number of carbonyl (C=O) groups is 2. The summed E-state index contributed by atoms with van der Waals surface area (Å²) in [6.07, 6.45) is -1.99. The normalized spacial score (nSPS) is 23.1. The van der Waals surface area contributed by atoms with Crippen molar-refractivity contribution in [3.63, 3.8) is 0 Å². The molecule has 3 amide bonds. The highest BCUT2D eigenvalue weighted by atomic mass is 16.6. The number of aliphatic hydroxyl groups excluding tert-OH is 1. The van der Waals surface area contributed by atoms with E-state index in [1.165, 1.54) is 0 Å². The summed E-state index contributed by atoms with van der Waals surface area (Å²) >= 11 is 0. The van der Waals surface area contributed by atoms with E-state index in [0.717, 1.165) is 16.7 Å². The average Bonchev–Trinajstić information content (AvgIpc) is 3.40. The molecular weight excluding hydrogens is 476 g/mol. The van der Waals surface area contributed by atoms with Crippen LogP contribution in [0.15, 0.2) is 78.9 Å². The maximum atomic E-state index is 12.4. The van der Waals surface area contributed by atoms with E-state index in [2.05, 4.69) is 10.6 Å². The number of hydrogen-bond donors (Lipinski definition) is 3. The van der Waals surface area contributed by atoms with Crippen LogP contribution in [0.5, 0.6) is 11.5 Å². The van der Waals surface area contributed by atoms with E-state index in [0.29, 0.717) is 11.5 Å². The average molecular weight is 505 g/mol. The van der Waals surface area contributed by atoms with Crippen molar-refractivity contribution >= 4 is 11.9 Å². The van der Waals surface area contributed by atoms with Crippen LogP contribution in [-0.4, -0.2) is 55.8 Å². The molecule has 2 aliphatic rings. The molecule has 0 saturated carbocycles. The Balaban J connectivity index is 1.57. The Hall–Kier alpha value is -3.92. The smallest absolute Gasteiger partial charge is 0.324 e. The van der Waals surface area contributed by atoms with Crippen molar-refractivity contribution in [2.24, 2.45) is 0 Å². The van der Waals surface area contributed by atoms with Gasteiger partial charge in [-0.3, -0.25) is 10.1 Å². The van der Waals surface area contributed by atoms with Crippen LogP contribution in [0.2, 0.25) is 0 Å². The molecule has 2 fully saturated rings. The number of imide groups is 1. The Morgan fingerprint density at radius 2 is 1.43 bits per heavy atom. The first-order valence-corrected chi connectivity index (χ1v) is 11.9. The highest BCUT2D eigenvalue weighted by Crippen LogP contribution is 2.43. The molecule has 5 rings (SSSR count). The van der Waals surface area contributed by atoms with Crippen LogP contribution in [-0.2, 0) is 19.9 Å². The van der Waals surface area contributed by atoms with E-state index in [4.69, 9.17) is 18.9 Å². The van der Waals surface area contributed by atoms with Crippen LogP contribution in [0.1, 0.15) is 23.1 Å². The molecule has 3 atom stereocenters. The summed E-state index contributed by atoms with van der Waals surface area (Å²) in [6.45, 7) is -0.0704. The van der Waals surface area contributed by atoms with E-state index in [9.17, 15) is 14.7 Å². The Labute approximate surface area is 214 Å². The number of carbonyl (C=O) groups excluding carboxylic acids is 2. The molecule has 2 heterocycles. The zero-order valence-electron chi connectivity index (χ0n) is 20.5. The van der Waals surface area contributed by atoms with Gasteiger partial charge in [0.25, 0.3) is 5.91 Å². The number of hydrogen-bond acceptors (Lipinski definition) is 7. The van der Waals surface area contributed by atoms with Crippen LogP contribution in [0, 0.1) is 0 Å². The molecule has 192 valence electrons. The number of aliphatic hydroxyl groups is 1. The zero-order valence-corrected chi connectivity index (χ0v) is 20.5. The fourth-order valence-corrected chi connectivity index (χ4v) is 4.94. The lowest BCUT2D eigenvalue weighted by Gasteiger charge is -2.37. The van der Waals surface area contributed by atoms with Crippen molar-refractivity contribution in [1.82, 2.24) is 10.6 Å². The van der Waals surface area contributed by atoms with Gasteiger partial charge in [0.1, 0.15) is 23.2 Å². The second-order valence-electron chi connectivity index (χ2n) is 8.98. The molecule has 0 aliphatic carbocycles. The quantitative estimate of drug-likeness (QED) is 0.319. The predicted molar refractivity (Wildman–Crippen MR) is 133 cm³/mol. The first kappa shape index (κ1) is 24.8. The number of nitrogens with one attached hydrogen (secondary N) is 2. The van der Waals surface area contributed by atoms with Crippen LogP contribution in [0.3, 0.4) is 0 Å². The van der Waals surface area contributed by atoms with Gasteiger partial charge in [0.05, 0.1) is 26.9 Å². The summed E-state index contributed by atoms with van der Waals surface area (Å²) < 4.78 is 23.4.